The van der Waals surface area contributed by atoms with Gasteiger partial charge < -0.3 is 33.9 Å². The Kier molecular flexibility index (Phi) is 3.77. The lowest BCUT2D eigenvalue weighted by Crippen LogP contribution is -2.62. The van der Waals surface area contributed by atoms with Gasteiger partial charge >= 0.3 is 11.9 Å². The molecule has 0 aromatic carbocycles. The quantitative estimate of drug-likeness (QED) is 0.594. The second-order valence-corrected chi connectivity index (χ2v) is 4.60. The van der Waals surface area contributed by atoms with Crippen molar-refractivity contribution in [2.24, 2.45) is 0 Å². The average Bonchev–Trinajstić information content (AvgIpc) is 2.92. The van der Waals surface area contributed by atoms with Crippen molar-refractivity contribution >= 4 is 11.9 Å². The van der Waals surface area contributed by atoms with Gasteiger partial charge in [0.15, 0.2) is 6.29 Å². The van der Waals surface area contributed by atoms with Crippen LogP contribution in [-0.2, 0) is 38.2 Å². The molecule has 2 N–H and O–H groups in total. The predicted molar refractivity (Wildman–Crippen MR) is 53.9 cm³/mol. The van der Waals surface area contributed by atoms with Crippen LogP contribution in [0.3, 0.4) is 0 Å². The third-order valence-corrected chi connectivity index (χ3v) is 3.33. The van der Waals surface area contributed by atoms with Crippen LogP contribution in [0.2, 0.25) is 0 Å². The van der Waals surface area contributed by atoms with Crippen molar-refractivity contribution in [1.29, 1.82) is 0 Å². The number of fused-ring (bicyclic) bond motifs is 3. The number of hydrogen-bond donors (Lipinski definition) is 2. The van der Waals surface area contributed by atoms with Crippen molar-refractivity contribution in [3.63, 3.8) is 0 Å². The average molecular weight is 310 g/mol. The van der Waals surface area contributed by atoms with Gasteiger partial charge in [-0.25, -0.2) is 14.5 Å². The Bertz CT molecular complexity index is 444. The molecule has 0 bridgehead atoms. The molecule has 0 aromatic heterocycles. The number of aliphatic hydroxyl groups is 1. The number of halogens is 1. The fourth-order valence-electron chi connectivity index (χ4n) is 2.45. The maximum Gasteiger partial charge on any atom is 0.404 e. The summed E-state index contributed by atoms with van der Waals surface area (Å²) in [5, 5.41) is 18.6. The summed E-state index contributed by atoms with van der Waals surface area (Å²) in [5.74, 6) is -2.79. The van der Waals surface area contributed by atoms with Gasteiger partial charge in [0.05, 0.1) is 6.61 Å². The highest BCUT2D eigenvalue weighted by atomic mass is 19.3. The first kappa shape index (κ1) is 14.6. The maximum absolute atomic E-state index is 11.9. The van der Waals surface area contributed by atoms with E-state index in [1.54, 1.807) is 0 Å². The maximum atomic E-state index is 11.9. The number of aliphatic carboxylic acids is 1. The molecule has 0 radical (unpaired) electrons. The zero-order valence-corrected chi connectivity index (χ0v) is 10.3. The van der Waals surface area contributed by atoms with Crippen LogP contribution < -0.4 is 0 Å². The Balaban J connectivity index is 1.77. The summed E-state index contributed by atoms with van der Waals surface area (Å²) in [5.41, 5.74) is 0. The van der Waals surface area contributed by atoms with Crippen LogP contribution in [0.5, 0.6) is 0 Å². The number of carboxylic acid groups (broad SMARTS) is 1. The normalized spacial score (nSPS) is 45.5. The van der Waals surface area contributed by atoms with Crippen LogP contribution in [0.15, 0.2) is 0 Å². The lowest BCUT2D eigenvalue weighted by molar-refractivity contribution is -0.332. The van der Waals surface area contributed by atoms with Crippen LogP contribution in [0.1, 0.15) is 0 Å². The predicted octanol–water partition coefficient (Wildman–Crippen LogP) is -1.93. The standard InChI is InChI=1S/C10H11FO10/c11-21-8(15)10-19-4-3-2(17-7(14)5(4)20-10)1-16-9(18-3)6(12)13/h2-5,7,9-10,14H,1H2,(H,12,13). The van der Waals surface area contributed by atoms with Crippen LogP contribution in [-0.4, -0.2) is 72.0 Å². The molecule has 7 unspecified atom stereocenters. The van der Waals surface area contributed by atoms with E-state index in [9.17, 15) is 19.2 Å². The van der Waals surface area contributed by atoms with Crippen LogP contribution in [0, 0.1) is 0 Å². The van der Waals surface area contributed by atoms with E-state index >= 15 is 0 Å². The Morgan fingerprint density at radius 2 is 1.71 bits per heavy atom. The summed E-state index contributed by atoms with van der Waals surface area (Å²) in [6.07, 6.45) is -8.68. The topological polar surface area (TPSA) is 130 Å². The first-order valence-corrected chi connectivity index (χ1v) is 5.98. The van der Waals surface area contributed by atoms with Crippen molar-refractivity contribution in [3.05, 3.63) is 0 Å². The van der Waals surface area contributed by atoms with Gasteiger partial charge in [0.25, 0.3) is 12.6 Å². The molecule has 3 heterocycles. The summed E-state index contributed by atoms with van der Waals surface area (Å²) < 4.78 is 37.2. The first-order chi connectivity index (χ1) is 10.0. The Labute approximate surface area is 116 Å². The number of aliphatic hydroxyl groups excluding tert-OH is 1. The third kappa shape index (κ3) is 2.47. The molecular formula is C10H11FO10. The van der Waals surface area contributed by atoms with E-state index in [4.69, 9.17) is 28.8 Å². The fraction of sp³-hybridized carbons (Fsp3) is 0.800. The molecule has 3 fully saturated rings. The smallest absolute Gasteiger partial charge is 0.404 e. The molecule has 0 aromatic rings. The monoisotopic (exact) mass is 310 g/mol. The summed E-state index contributed by atoms with van der Waals surface area (Å²) in [7, 11) is 0. The molecule has 3 saturated heterocycles. The van der Waals surface area contributed by atoms with Crippen molar-refractivity contribution in [3.8, 4) is 0 Å². The fourth-order valence-corrected chi connectivity index (χ4v) is 2.45. The molecular weight excluding hydrogens is 299 g/mol. The van der Waals surface area contributed by atoms with Gasteiger partial charge in [-0.1, -0.05) is 0 Å². The first-order valence-electron chi connectivity index (χ1n) is 5.98. The number of carboxylic acids is 1. The lowest BCUT2D eigenvalue weighted by atomic mass is 9.98. The van der Waals surface area contributed by atoms with E-state index in [0.29, 0.717) is 0 Å². The number of rotatable bonds is 2. The molecule has 0 saturated carbocycles. The van der Waals surface area contributed by atoms with Gasteiger partial charge in [0.2, 0.25) is 0 Å². The van der Waals surface area contributed by atoms with Gasteiger partial charge in [-0.3, -0.25) is 0 Å². The van der Waals surface area contributed by atoms with Crippen molar-refractivity contribution < 1.29 is 53.0 Å². The van der Waals surface area contributed by atoms with Crippen molar-refractivity contribution in [1.82, 2.24) is 0 Å². The van der Waals surface area contributed by atoms with Gasteiger partial charge in [0.1, 0.15) is 24.4 Å². The molecule has 7 atom stereocenters. The minimum absolute atomic E-state index is 0.163. The lowest BCUT2D eigenvalue weighted by Gasteiger charge is -2.43. The molecule has 0 amide bonds. The van der Waals surface area contributed by atoms with Crippen LogP contribution in [0.4, 0.5) is 4.53 Å². The zero-order valence-electron chi connectivity index (χ0n) is 10.3. The van der Waals surface area contributed by atoms with E-state index < -0.39 is 55.2 Å². The molecule has 3 rings (SSSR count). The van der Waals surface area contributed by atoms with E-state index in [1.807, 2.05) is 0 Å². The molecule has 3 aliphatic heterocycles. The van der Waals surface area contributed by atoms with Gasteiger partial charge in [-0.2, -0.15) is 0 Å². The number of hydrogen-bond acceptors (Lipinski definition) is 9. The molecule has 21 heavy (non-hydrogen) atoms. The molecule has 118 valence electrons. The SMILES string of the molecule is O=C(O)C1OCC2OC(O)C3OC(C(=O)OF)OC3C2O1. The zero-order chi connectivity index (χ0) is 15.1. The number of carbonyl (C=O) groups excluding carboxylic acids is 1. The minimum Gasteiger partial charge on any atom is -0.477 e. The van der Waals surface area contributed by atoms with Gasteiger partial charge in [0, 0.05) is 4.53 Å². The third-order valence-electron chi connectivity index (χ3n) is 3.33. The van der Waals surface area contributed by atoms with Crippen molar-refractivity contribution in [2.45, 2.75) is 43.3 Å². The van der Waals surface area contributed by atoms with Crippen LogP contribution in [0.25, 0.3) is 0 Å². The molecule has 0 aliphatic carbocycles. The summed E-state index contributed by atoms with van der Waals surface area (Å²) in [4.78, 5) is 24.9. The van der Waals surface area contributed by atoms with Crippen LogP contribution >= 0.6 is 0 Å². The highest BCUT2D eigenvalue weighted by molar-refractivity contribution is 5.73. The second kappa shape index (κ2) is 5.44. The highest BCUT2D eigenvalue weighted by Crippen LogP contribution is 2.36. The Morgan fingerprint density at radius 3 is 2.38 bits per heavy atom. The highest BCUT2D eigenvalue weighted by Gasteiger charge is 2.57. The van der Waals surface area contributed by atoms with Gasteiger partial charge in [-0.05, 0) is 0 Å². The molecule has 0 spiro atoms. The van der Waals surface area contributed by atoms with E-state index in [1.165, 1.54) is 0 Å². The summed E-state index contributed by atoms with van der Waals surface area (Å²) in [6, 6.07) is 0. The number of ether oxygens (including phenoxy) is 5. The minimum atomic E-state index is -1.70. The van der Waals surface area contributed by atoms with E-state index in [-0.39, 0.29) is 6.61 Å². The Hall–Kier alpha value is -1.37. The summed E-state index contributed by atoms with van der Waals surface area (Å²) >= 11 is 0. The van der Waals surface area contributed by atoms with Gasteiger partial charge in [-0.15, -0.1) is 0 Å². The molecule has 10 nitrogen and oxygen atoms in total. The largest absolute Gasteiger partial charge is 0.477 e. The second-order valence-electron chi connectivity index (χ2n) is 4.60. The van der Waals surface area contributed by atoms with E-state index in [2.05, 4.69) is 4.94 Å². The Morgan fingerprint density at radius 1 is 1.05 bits per heavy atom. The van der Waals surface area contributed by atoms with E-state index in [0.717, 1.165) is 0 Å². The molecule has 3 aliphatic rings. The van der Waals surface area contributed by atoms with Crippen molar-refractivity contribution in [2.75, 3.05) is 6.61 Å². The summed E-state index contributed by atoms with van der Waals surface area (Å²) in [6.45, 7) is -0.163. The molecule has 11 heteroatoms. The number of carbonyl (C=O) groups is 2.